The Balaban J connectivity index is 1.80. The SMILES string of the molecule is CCS(=O)(=O)c1ncc2c3c(c(-c4ncc(Cl)c5sc(NC(=O)OC(C)(C)C)c(C#N)c45)c(F)c2n1)COC3. The van der Waals surface area contributed by atoms with E-state index in [-0.39, 0.29) is 56.7 Å². The molecule has 4 heterocycles. The van der Waals surface area contributed by atoms with Crippen LogP contribution in [0.1, 0.15) is 44.4 Å². The molecule has 14 heteroatoms. The summed E-state index contributed by atoms with van der Waals surface area (Å²) in [6, 6.07) is 2.07. The Morgan fingerprint density at radius 1 is 1.28 bits per heavy atom. The quantitative estimate of drug-likeness (QED) is 0.294. The van der Waals surface area contributed by atoms with Crippen molar-refractivity contribution in [3.8, 4) is 17.3 Å². The molecule has 1 aliphatic rings. The second kappa shape index (κ2) is 9.63. The van der Waals surface area contributed by atoms with Crippen LogP contribution in [0.2, 0.25) is 5.02 Å². The summed E-state index contributed by atoms with van der Waals surface area (Å²) in [7, 11) is -3.82. The van der Waals surface area contributed by atoms with Gasteiger partial charge in [0.2, 0.25) is 15.0 Å². The van der Waals surface area contributed by atoms with Crippen LogP contribution >= 0.6 is 22.9 Å². The van der Waals surface area contributed by atoms with Gasteiger partial charge < -0.3 is 9.47 Å². The number of pyridine rings is 1. The summed E-state index contributed by atoms with van der Waals surface area (Å²) < 4.78 is 52.6. The summed E-state index contributed by atoms with van der Waals surface area (Å²) in [5.74, 6) is -1.09. The van der Waals surface area contributed by atoms with Crippen molar-refractivity contribution in [2.75, 3.05) is 11.1 Å². The van der Waals surface area contributed by atoms with Crippen LogP contribution in [0.25, 0.3) is 32.2 Å². The molecule has 3 aromatic heterocycles. The monoisotopic (exact) mass is 589 g/mol. The number of hydrogen-bond acceptors (Lipinski definition) is 10. The van der Waals surface area contributed by atoms with Crippen LogP contribution in [0, 0.1) is 17.1 Å². The number of carbonyl (C=O) groups excluding carboxylic acids is 1. The number of fused-ring (bicyclic) bond motifs is 4. The van der Waals surface area contributed by atoms with E-state index in [9.17, 15) is 18.5 Å². The molecular formula is C25H21ClFN5O5S2. The maximum absolute atomic E-state index is 16.4. The van der Waals surface area contributed by atoms with E-state index in [0.29, 0.717) is 21.2 Å². The summed E-state index contributed by atoms with van der Waals surface area (Å²) in [6.45, 7) is 6.72. The fraction of sp³-hybridized carbons (Fsp3) is 0.320. The van der Waals surface area contributed by atoms with E-state index in [2.05, 4.69) is 26.3 Å². The van der Waals surface area contributed by atoms with Crippen LogP contribution in [-0.2, 0) is 32.5 Å². The van der Waals surface area contributed by atoms with Gasteiger partial charge in [-0.1, -0.05) is 18.5 Å². The molecule has 4 aromatic rings. The summed E-state index contributed by atoms with van der Waals surface area (Å²) in [4.78, 5) is 24.9. The molecule has 0 radical (unpaired) electrons. The number of carbonyl (C=O) groups is 1. The second-order valence-corrected chi connectivity index (χ2v) is 13.3. The van der Waals surface area contributed by atoms with Crippen molar-refractivity contribution in [3.63, 3.8) is 0 Å². The minimum atomic E-state index is -3.82. The van der Waals surface area contributed by atoms with E-state index >= 15 is 4.39 Å². The van der Waals surface area contributed by atoms with Crippen molar-refractivity contribution in [3.05, 3.63) is 39.9 Å². The zero-order valence-electron chi connectivity index (χ0n) is 21.2. The third-order valence-corrected chi connectivity index (χ3v) is 9.02. The molecule has 0 saturated carbocycles. The van der Waals surface area contributed by atoms with E-state index in [4.69, 9.17) is 21.1 Å². The number of thiophene rings is 1. The number of benzene rings is 1. The average Bonchev–Trinajstić information content (AvgIpc) is 3.49. The van der Waals surface area contributed by atoms with Crippen molar-refractivity contribution in [2.24, 2.45) is 0 Å². The Kier molecular flexibility index (Phi) is 6.70. The standard InChI is InChI=1S/C25H21ClFN5O5S2/c1-5-39(34,35)23-30-7-12-13-9-36-10-14(13)16(18(27)19(12)31-23)20-17-11(6-28)22(32-24(33)37-25(2,3)4)38-21(17)15(26)8-29-20/h7-8H,5,9-10H2,1-4H3,(H,32,33). The number of nitriles is 1. The Labute approximate surface area is 231 Å². The fourth-order valence-corrected chi connectivity index (χ4v) is 6.27. The Bertz CT molecular complexity index is 1840. The number of nitrogens with zero attached hydrogens (tertiary/aromatic N) is 4. The van der Waals surface area contributed by atoms with Gasteiger partial charge in [0.05, 0.1) is 39.9 Å². The van der Waals surface area contributed by atoms with Crippen molar-refractivity contribution in [1.82, 2.24) is 15.0 Å². The van der Waals surface area contributed by atoms with Crippen molar-refractivity contribution >= 4 is 64.9 Å². The van der Waals surface area contributed by atoms with Crippen molar-refractivity contribution in [1.29, 1.82) is 5.26 Å². The van der Waals surface area contributed by atoms with Gasteiger partial charge in [0, 0.05) is 28.7 Å². The van der Waals surface area contributed by atoms with Crippen molar-refractivity contribution in [2.45, 2.75) is 51.7 Å². The normalized spacial score (nSPS) is 13.5. The molecule has 1 aromatic carbocycles. The predicted octanol–water partition coefficient (Wildman–Crippen LogP) is 5.74. The molecule has 0 bridgehead atoms. The number of aromatic nitrogens is 3. The molecule has 5 rings (SSSR count). The van der Waals surface area contributed by atoms with E-state index < -0.39 is 32.5 Å². The number of ether oxygens (including phenoxy) is 2. The molecule has 1 aliphatic heterocycles. The molecule has 0 fully saturated rings. The number of amides is 1. The lowest BCUT2D eigenvalue weighted by molar-refractivity contribution is 0.0636. The number of halogens is 2. The number of nitrogens with one attached hydrogen (secondary N) is 1. The van der Waals surface area contributed by atoms with E-state index in [0.717, 1.165) is 11.3 Å². The van der Waals surface area contributed by atoms with Gasteiger partial charge in [-0.15, -0.1) is 11.3 Å². The molecule has 0 spiro atoms. The Morgan fingerprint density at radius 2 is 2.00 bits per heavy atom. The lowest BCUT2D eigenvalue weighted by Gasteiger charge is -2.19. The lowest BCUT2D eigenvalue weighted by Crippen LogP contribution is -2.27. The van der Waals surface area contributed by atoms with Gasteiger partial charge in [0.25, 0.3) is 0 Å². The smallest absolute Gasteiger partial charge is 0.412 e. The van der Waals surface area contributed by atoms with Gasteiger partial charge in [-0.3, -0.25) is 10.3 Å². The fourth-order valence-electron chi connectivity index (χ4n) is 4.27. The highest BCUT2D eigenvalue weighted by atomic mass is 35.5. The van der Waals surface area contributed by atoms with Crippen LogP contribution in [0.5, 0.6) is 0 Å². The number of sulfone groups is 1. The highest BCUT2D eigenvalue weighted by Gasteiger charge is 2.31. The largest absolute Gasteiger partial charge is 0.444 e. The minimum absolute atomic E-state index is 0.00771. The van der Waals surface area contributed by atoms with Gasteiger partial charge in [0.15, 0.2) is 5.82 Å². The Hall–Kier alpha value is -3.44. The molecular weight excluding hydrogens is 569 g/mol. The zero-order chi connectivity index (χ0) is 28.3. The van der Waals surface area contributed by atoms with Gasteiger partial charge in [-0.05, 0) is 31.9 Å². The lowest BCUT2D eigenvalue weighted by atomic mass is 9.94. The molecule has 0 aliphatic carbocycles. The first-order chi connectivity index (χ1) is 18.4. The highest BCUT2D eigenvalue weighted by Crippen LogP contribution is 2.47. The summed E-state index contributed by atoms with van der Waals surface area (Å²) in [6.07, 6.45) is 1.83. The molecule has 10 nitrogen and oxygen atoms in total. The minimum Gasteiger partial charge on any atom is -0.444 e. The number of rotatable bonds is 4. The summed E-state index contributed by atoms with van der Waals surface area (Å²) in [5.41, 5.74) is 0.193. The topological polar surface area (TPSA) is 144 Å². The first kappa shape index (κ1) is 27.1. The molecule has 1 N–H and O–H groups in total. The average molecular weight is 590 g/mol. The van der Waals surface area contributed by atoms with E-state index in [1.54, 1.807) is 20.8 Å². The molecule has 1 amide bonds. The summed E-state index contributed by atoms with van der Waals surface area (Å²) >= 11 is 7.45. The first-order valence-electron chi connectivity index (χ1n) is 11.7. The van der Waals surface area contributed by atoms with Gasteiger partial charge in [-0.25, -0.2) is 27.6 Å². The second-order valence-electron chi connectivity index (χ2n) is 9.66. The summed E-state index contributed by atoms with van der Waals surface area (Å²) in [5, 5.41) is 13.1. The van der Waals surface area contributed by atoms with Crippen LogP contribution in [0.4, 0.5) is 14.2 Å². The van der Waals surface area contributed by atoms with Crippen molar-refractivity contribution < 1.29 is 27.1 Å². The first-order valence-corrected chi connectivity index (χ1v) is 14.5. The molecule has 39 heavy (non-hydrogen) atoms. The van der Waals surface area contributed by atoms with Crippen LogP contribution in [0.3, 0.4) is 0 Å². The van der Waals surface area contributed by atoms with E-state index in [1.165, 1.54) is 19.3 Å². The highest BCUT2D eigenvalue weighted by molar-refractivity contribution is 7.91. The van der Waals surface area contributed by atoms with Gasteiger partial charge in [0.1, 0.15) is 22.2 Å². The van der Waals surface area contributed by atoms with Gasteiger partial charge >= 0.3 is 6.09 Å². The third kappa shape index (κ3) is 4.67. The Morgan fingerprint density at radius 3 is 2.67 bits per heavy atom. The van der Waals surface area contributed by atoms with Crippen LogP contribution < -0.4 is 5.32 Å². The van der Waals surface area contributed by atoms with Crippen LogP contribution in [0.15, 0.2) is 17.6 Å². The number of hydrogen-bond donors (Lipinski definition) is 1. The van der Waals surface area contributed by atoms with E-state index in [1.807, 2.05) is 0 Å². The predicted molar refractivity (Wildman–Crippen MR) is 144 cm³/mol. The molecule has 0 atom stereocenters. The zero-order valence-corrected chi connectivity index (χ0v) is 23.6. The maximum Gasteiger partial charge on any atom is 0.412 e. The molecule has 202 valence electrons. The van der Waals surface area contributed by atoms with Crippen LogP contribution in [-0.4, -0.2) is 40.8 Å². The number of anilines is 1. The molecule has 0 unspecified atom stereocenters. The maximum atomic E-state index is 16.4. The molecule has 0 saturated heterocycles. The van der Waals surface area contributed by atoms with Gasteiger partial charge in [-0.2, -0.15) is 5.26 Å². The third-order valence-electron chi connectivity index (χ3n) is 5.97.